The van der Waals surface area contributed by atoms with Crippen molar-refractivity contribution in [1.82, 2.24) is 25.0 Å². The van der Waals surface area contributed by atoms with Crippen molar-refractivity contribution in [1.29, 1.82) is 10.5 Å². The number of rotatable bonds is 5. The number of nitriles is 2. The number of aromatic nitrogens is 5. The van der Waals surface area contributed by atoms with Crippen molar-refractivity contribution in [3.63, 3.8) is 0 Å². The quantitative estimate of drug-likeness (QED) is 0.0701. The van der Waals surface area contributed by atoms with Crippen LogP contribution in [0, 0.1) is 59.1 Å². The van der Waals surface area contributed by atoms with Gasteiger partial charge in [0.05, 0.1) is 31.6 Å². The van der Waals surface area contributed by atoms with E-state index in [1.807, 2.05) is 83.2 Å². The van der Waals surface area contributed by atoms with E-state index in [0.717, 1.165) is 74.7 Å². The van der Waals surface area contributed by atoms with Crippen LogP contribution in [0.15, 0.2) is 95.3 Å². The second kappa shape index (κ2) is 18.6. The van der Waals surface area contributed by atoms with E-state index in [0.29, 0.717) is 71.3 Å². The Hall–Kier alpha value is -9.78. The Morgan fingerprint density at radius 2 is 1.12 bits per heavy atom. The van der Waals surface area contributed by atoms with Crippen molar-refractivity contribution >= 4 is 134 Å². The zero-order chi connectivity index (χ0) is 59.7. The summed E-state index contributed by atoms with van der Waals surface area (Å²) in [6.07, 6.45) is 3.09. The Bertz CT molecular complexity index is 5370. The van der Waals surface area contributed by atoms with E-state index < -0.39 is 57.4 Å². The van der Waals surface area contributed by atoms with Gasteiger partial charge < -0.3 is 9.47 Å². The summed E-state index contributed by atoms with van der Waals surface area (Å²) in [4.78, 5) is 54.0. The fraction of sp³-hybridized carbons (Fsp3) is 0.125. The number of thiophene rings is 5. The van der Waals surface area contributed by atoms with Crippen molar-refractivity contribution in [3.05, 3.63) is 185 Å². The molecule has 11 aromatic rings. The predicted octanol–water partition coefficient (Wildman–Crippen LogP) is 17.4. The molecule has 0 N–H and O–H groups in total. The third kappa shape index (κ3) is 7.57. The molecule has 0 bridgehead atoms. The van der Waals surface area contributed by atoms with Crippen molar-refractivity contribution < 1.29 is 36.6 Å². The minimum atomic E-state index is -1.23. The molecule has 13 nitrogen and oxygen atoms in total. The van der Waals surface area contributed by atoms with Crippen LogP contribution in [0.25, 0.3) is 116 Å². The van der Waals surface area contributed by atoms with Gasteiger partial charge in [-0.2, -0.15) is 35.2 Å². The fourth-order valence-electron chi connectivity index (χ4n) is 11.7. The van der Waals surface area contributed by atoms with E-state index in [1.165, 1.54) is 62.8 Å². The summed E-state index contributed by atoms with van der Waals surface area (Å²) in [6.45, 7) is 25.6. The number of fused-ring (bicyclic) bond motifs is 13. The average Bonchev–Trinajstić information content (AvgIpc) is 1.86. The molecule has 22 heteroatoms. The van der Waals surface area contributed by atoms with E-state index in [2.05, 4.69) is 15.8 Å². The molecular weight excluding hydrogens is 1200 g/mol. The Balaban J connectivity index is 0.910. The number of hydrogen-bond donors (Lipinski definition) is 0. The van der Waals surface area contributed by atoms with E-state index >= 15 is 0 Å². The number of ether oxygens (including phenoxy) is 2. The zero-order valence-electron chi connectivity index (χ0n) is 45.0. The molecule has 9 heterocycles. The summed E-state index contributed by atoms with van der Waals surface area (Å²) in [7, 11) is 0. The lowest BCUT2D eigenvalue weighted by Gasteiger charge is -2.31. The van der Waals surface area contributed by atoms with E-state index in [4.69, 9.17) is 42.8 Å². The lowest BCUT2D eigenvalue weighted by Crippen LogP contribution is -2.27. The van der Waals surface area contributed by atoms with Crippen LogP contribution in [0.5, 0.6) is 11.5 Å². The van der Waals surface area contributed by atoms with Gasteiger partial charge in [-0.15, -0.1) is 56.7 Å². The topological polar surface area (TPSA) is 165 Å². The van der Waals surface area contributed by atoms with Crippen LogP contribution in [-0.2, 0) is 17.7 Å². The maximum Gasteiger partial charge on any atom is 0.528 e. The number of allylic oxidation sites excluding steroid dienone is 5. The molecule has 414 valence electrons. The Labute approximate surface area is 503 Å². The van der Waals surface area contributed by atoms with Crippen molar-refractivity contribution in [2.75, 3.05) is 0 Å². The minimum absolute atomic E-state index is 0.0299. The van der Waals surface area contributed by atoms with Crippen LogP contribution in [0.3, 0.4) is 0 Å². The van der Waals surface area contributed by atoms with E-state index in [1.54, 1.807) is 16.9 Å². The van der Waals surface area contributed by atoms with Gasteiger partial charge in [-0.1, -0.05) is 18.2 Å². The summed E-state index contributed by atoms with van der Waals surface area (Å²) in [5.74, 6) is -5.56. The standard InChI is InChI=1S/C64H31F4N9O4S5/c1-8-77-75-53-48(44-21-36-58(84-44)59-41(80-64(36,4)5)16-27(83-59)14-34-47(61(71-6)72-7)30-18-38(66)40(68)20-32(30)56(34)79)52-51(73-50-28-11-9-10-12-43(28)86-62(50)74-52)49(54(53)76-77)45-22-42-60(85-45)57-35(63(2,3)81-42)15-26(82-57)13-33-46(25(23-69)24-70)29-17-37(65)39(67)19-31(29)55(33)78/h9-22H,8H2,1-5H3/b33-13-,34-14-. The molecule has 0 atom stereocenters. The first-order chi connectivity index (χ1) is 41.3. The number of Topliss-reactive ketones (excluding diaryl/α,β-unsaturated/α-hetero) is 2. The third-order valence-electron chi connectivity index (χ3n) is 15.6. The Kier molecular flexibility index (Phi) is 11.5. The second-order valence-electron chi connectivity index (χ2n) is 21.4. The molecular formula is C64H31F4N9O4S5. The molecule has 0 unspecified atom stereocenters. The highest BCUT2D eigenvalue weighted by Gasteiger charge is 2.42. The number of benzene rings is 4. The smallest absolute Gasteiger partial charge is 0.482 e. The third-order valence-corrected chi connectivity index (χ3v) is 21.4. The first-order valence-electron chi connectivity index (χ1n) is 26.2. The van der Waals surface area contributed by atoms with Crippen LogP contribution in [-0.4, -0.2) is 36.5 Å². The molecule has 7 aromatic heterocycles. The van der Waals surface area contributed by atoms with Gasteiger partial charge in [-0.3, -0.25) is 9.59 Å². The summed E-state index contributed by atoms with van der Waals surface area (Å²) in [5, 5.41) is 31.3. The van der Waals surface area contributed by atoms with E-state index in [-0.39, 0.29) is 44.5 Å². The van der Waals surface area contributed by atoms with Crippen LogP contribution >= 0.6 is 56.7 Å². The Morgan fingerprint density at radius 3 is 1.73 bits per heavy atom. The maximum atomic E-state index is 14.7. The van der Waals surface area contributed by atoms with Crippen molar-refractivity contribution in [2.45, 2.75) is 52.4 Å². The van der Waals surface area contributed by atoms with Gasteiger partial charge in [0.25, 0.3) is 0 Å². The fourth-order valence-corrected chi connectivity index (χ4v) is 17.8. The van der Waals surface area contributed by atoms with Crippen LogP contribution in [0.1, 0.15) is 87.3 Å². The van der Waals surface area contributed by atoms with Gasteiger partial charge in [0, 0.05) is 79.7 Å². The molecule has 0 saturated carbocycles. The van der Waals surface area contributed by atoms with Gasteiger partial charge >= 0.3 is 5.82 Å². The number of halogens is 4. The molecule has 4 aliphatic rings. The maximum absolute atomic E-state index is 14.7. The molecule has 15 rings (SSSR count). The number of hydrogen-bond acceptors (Lipinski definition) is 15. The Morgan fingerprint density at radius 1 is 0.616 bits per heavy atom. The molecule has 0 saturated heterocycles. The molecule has 0 radical (unpaired) electrons. The summed E-state index contributed by atoms with van der Waals surface area (Å²) >= 11 is 7.16. The highest BCUT2D eigenvalue weighted by Crippen LogP contribution is 2.59. The van der Waals surface area contributed by atoms with Crippen LogP contribution < -0.4 is 9.47 Å². The van der Waals surface area contributed by atoms with Gasteiger partial charge in [-0.25, -0.2) is 27.5 Å². The number of nitrogens with zero attached hydrogens (tertiary/aromatic N) is 9. The van der Waals surface area contributed by atoms with Crippen LogP contribution in [0.4, 0.5) is 17.6 Å². The summed E-state index contributed by atoms with van der Waals surface area (Å²) in [6, 6.07) is 22.6. The molecule has 0 amide bonds. The monoisotopic (exact) mass is 1230 g/mol. The number of aryl methyl sites for hydroxylation is 1. The van der Waals surface area contributed by atoms with Crippen LogP contribution in [0.2, 0.25) is 0 Å². The molecule has 2 aliphatic heterocycles. The van der Waals surface area contributed by atoms with Crippen molar-refractivity contribution in [2.24, 2.45) is 0 Å². The second-order valence-corrected chi connectivity index (χ2v) is 26.7. The lowest BCUT2D eigenvalue weighted by atomic mass is 9.94. The molecule has 86 heavy (non-hydrogen) atoms. The molecule has 0 spiro atoms. The predicted molar refractivity (Wildman–Crippen MR) is 325 cm³/mol. The van der Waals surface area contributed by atoms with Gasteiger partial charge in [-0.05, 0) is 112 Å². The molecule has 4 aromatic carbocycles. The highest BCUT2D eigenvalue weighted by molar-refractivity contribution is 7.26. The molecule has 0 fully saturated rings. The normalized spacial score (nSPS) is 15.9. The summed E-state index contributed by atoms with van der Waals surface area (Å²) < 4.78 is 73.2. The summed E-state index contributed by atoms with van der Waals surface area (Å²) in [5.41, 5.74) is 3.06. The lowest BCUT2D eigenvalue weighted by molar-refractivity contribution is 0.103. The van der Waals surface area contributed by atoms with E-state index in [9.17, 15) is 37.7 Å². The first kappa shape index (κ1) is 53.0. The molecule has 2 aliphatic carbocycles. The SMILES string of the molecule is [C-]#[N+]C([N+]#[C-])=C1/C(=C/c2cc3c(s2)-c2sc(-c4c5nc6sc7ccccc7c6nc5c(-c5cc6c(s5)-c5sc(/C=C7\C(=O)c8cc(F)c(F)cc8C7=C(C#N)C#N)cc5C(C)(C)O6)c5nn(CC)nc45)cc2C(C)(C)O3)C(=O)c2cc(F)c(F)cc21. The average molecular weight is 1230 g/mol. The number of ketones is 2. The highest BCUT2D eigenvalue weighted by atomic mass is 32.1. The van der Waals surface area contributed by atoms with Gasteiger partial charge in [0.15, 0.2) is 34.8 Å². The largest absolute Gasteiger partial charge is 0.528 e. The van der Waals surface area contributed by atoms with Gasteiger partial charge in [0.2, 0.25) is 0 Å². The minimum Gasteiger partial charge on any atom is -0.482 e. The van der Waals surface area contributed by atoms with Gasteiger partial charge in [0.1, 0.15) is 86.0 Å². The first-order valence-corrected chi connectivity index (χ1v) is 30.3. The van der Waals surface area contributed by atoms with Crippen molar-refractivity contribution in [3.8, 4) is 64.0 Å². The number of carbonyl (C=O) groups is 2. The number of carbonyl (C=O) groups excluding carboxylic acids is 2. The zero-order valence-corrected chi connectivity index (χ0v) is 49.1.